The van der Waals surface area contributed by atoms with Gasteiger partial charge in [-0.3, -0.25) is 20.2 Å². The second kappa shape index (κ2) is 5.52. The van der Waals surface area contributed by atoms with Gasteiger partial charge >= 0.3 is 0 Å². The fraction of sp³-hybridized carbons (Fsp3) is 0.231. The number of H-pyrrole nitrogens is 1. The molecule has 0 fully saturated rings. The van der Waals surface area contributed by atoms with Crippen LogP contribution in [0.1, 0.15) is 24.1 Å². The Morgan fingerprint density at radius 3 is 2.20 bits per heavy atom. The summed E-state index contributed by atoms with van der Waals surface area (Å²) in [4.78, 5) is 23.8. The highest BCUT2D eigenvalue weighted by molar-refractivity contribution is 5.38. The Morgan fingerprint density at radius 2 is 1.75 bits per heavy atom. The van der Waals surface area contributed by atoms with E-state index in [1.165, 1.54) is 19.1 Å². The van der Waals surface area contributed by atoms with Gasteiger partial charge in [-0.2, -0.15) is 0 Å². The normalized spacial score (nSPS) is 13.7. The van der Waals surface area contributed by atoms with E-state index in [0.29, 0.717) is 11.3 Å². The molecule has 2 unspecified atom stereocenters. The lowest BCUT2D eigenvalue weighted by Crippen LogP contribution is -2.25. The van der Waals surface area contributed by atoms with Gasteiger partial charge in [0.05, 0.1) is 10.8 Å². The summed E-state index contributed by atoms with van der Waals surface area (Å²) in [5.41, 5.74) is 1.35. The zero-order valence-electron chi connectivity index (χ0n) is 10.7. The molecule has 0 aliphatic rings. The number of hydrogen-bond donors (Lipinski definition) is 1. The summed E-state index contributed by atoms with van der Waals surface area (Å²) in [6.07, 6.45) is 1.69. The first-order valence-electron chi connectivity index (χ1n) is 6.02. The van der Waals surface area contributed by atoms with Gasteiger partial charge in [-0.05, 0) is 17.7 Å². The minimum absolute atomic E-state index is 0.0345. The lowest BCUT2D eigenvalue weighted by atomic mass is 9.89. The predicted molar refractivity (Wildman–Crippen MR) is 72.2 cm³/mol. The van der Waals surface area contributed by atoms with Crippen LogP contribution in [0.5, 0.6) is 0 Å². The molecule has 1 aromatic heterocycles. The van der Waals surface area contributed by atoms with E-state index in [2.05, 4.69) is 4.98 Å². The first kappa shape index (κ1) is 13.7. The smallest absolute Gasteiger partial charge is 0.269 e. The minimum Gasteiger partial charge on any atom is -0.364 e. The average Bonchev–Trinajstić information content (AvgIpc) is 2.93. The molecule has 2 aromatic rings. The fourth-order valence-corrected chi connectivity index (χ4v) is 2.18. The minimum atomic E-state index is -0.838. The molecule has 7 nitrogen and oxygen atoms in total. The molecule has 104 valence electrons. The summed E-state index contributed by atoms with van der Waals surface area (Å²) in [7, 11) is 0. The van der Waals surface area contributed by atoms with Gasteiger partial charge in [0.1, 0.15) is 0 Å². The number of rotatable bonds is 5. The largest absolute Gasteiger partial charge is 0.364 e. The van der Waals surface area contributed by atoms with Crippen molar-refractivity contribution in [2.75, 3.05) is 0 Å². The number of benzene rings is 1. The monoisotopic (exact) mass is 275 g/mol. The molecule has 0 aliphatic carbocycles. The van der Waals surface area contributed by atoms with Crippen LogP contribution in [0.25, 0.3) is 0 Å². The number of aromatic amines is 1. The van der Waals surface area contributed by atoms with Crippen LogP contribution in [0, 0.1) is 20.2 Å². The number of non-ortho nitro benzene ring substituents is 1. The Kier molecular flexibility index (Phi) is 3.79. The van der Waals surface area contributed by atoms with Crippen LogP contribution in [0.3, 0.4) is 0 Å². The number of nitrogens with one attached hydrogen (secondary N) is 1. The summed E-state index contributed by atoms with van der Waals surface area (Å²) >= 11 is 0. The van der Waals surface area contributed by atoms with Crippen LogP contribution in [0.15, 0.2) is 42.6 Å². The SMILES string of the molecule is CC(C(c1ccc([N+](=O)[O-])cc1)c1ccc[nH]1)[N+](=O)[O-]. The zero-order valence-corrected chi connectivity index (χ0v) is 10.7. The molecule has 2 atom stereocenters. The highest BCUT2D eigenvalue weighted by Crippen LogP contribution is 2.29. The van der Waals surface area contributed by atoms with Gasteiger partial charge in [0.25, 0.3) is 5.69 Å². The molecule has 0 amide bonds. The molecule has 1 N–H and O–H groups in total. The average molecular weight is 275 g/mol. The van der Waals surface area contributed by atoms with Crippen molar-refractivity contribution in [3.8, 4) is 0 Å². The van der Waals surface area contributed by atoms with Crippen molar-refractivity contribution in [2.24, 2.45) is 0 Å². The van der Waals surface area contributed by atoms with Crippen LogP contribution >= 0.6 is 0 Å². The quantitative estimate of drug-likeness (QED) is 0.669. The molecule has 0 saturated heterocycles. The highest BCUT2D eigenvalue weighted by atomic mass is 16.6. The molecular weight excluding hydrogens is 262 g/mol. The molecule has 0 spiro atoms. The molecular formula is C13H13N3O4. The van der Waals surface area contributed by atoms with Gasteiger partial charge in [-0.1, -0.05) is 12.1 Å². The third-order valence-electron chi connectivity index (χ3n) is 3.24. The molecule has 0 aliphatic heterocycles. The summed E-state index contributed by atoms with van der Waals surface area (Å²) in [5, 5.41) is 21.7. The van der Waals surface area contributed by atoms with Crippen molar-refractivity contribution in [2.45, 2.75) is 18.9 Å². The third kappa shape index (κ3) is 2.66. The van der Waals surface area contributed by atoms with E-state index < -0.39 is 16.9 Å². The standard InChI is InChI=1S/C13H13N3O4/c1-9(15(17)18)13(12-3-2-8-14-12)10-4-6-11(7-5-10)16(19)20/h2-9,13-14H,1H3. The van der Waals surface area contributed by atoms with Crippen molar-refractivity contribution in [3.05, 3.63) is 74.1 Å². The summed E-state index contributed by atoms with van der Waals surface area (Å²) in [6, 6.07) is 8.53. The molecule has 7 heteroatoms. The first-order chi connectivity index (χ1) is 9.50. The van der Waals surface area contributed by atoms with Crippen molar-refractivity contribution in [3.63, 3.8) is 0 Å². The second-order valence-corrected chi connectivity index (χ2v) is 4.48. The van der Waals surface area contributed by atoms with E-state index in [0.717, 1.165) is 0 Å². The first-order valence-corrected chi connectivity index (χ1v) is 6.02. The van der Waals surface area contributed by atoms with Gasteiger partial charge in [-0.15, -0.1) is 0 Å². The maximum absolute atomic E-state index is 11.1. The number of aromatic nitrogens is 1. The molecule has 20 heavy (non-hydrogen) atoms. The molecule has 1 aromatic carbocycles. The Balaban J connectivity index is 2.41. The van der Waals surface area contributed by atoms with Crippen LogP contribution in [-0.4, -0.2) is 20.9 Å². The molecule has 2 rings (SSSR count). The van der Waals surface area contributed by atoms with Crippen molar-refractivity contribution >= 4 is 5.69 Å². The Bertz CT molecular complexity index is 607. The second-order valence-electron chi connectivity index (χ2n) is 4.48. The summed E-state index contributed by atoms with van der Waals surface area (Å²) in [6.45, 7) is 1.52. The van der Waals surface area contributed by atoms with Gasteiger partial charge in [0.2, 0.25) is 6.04 Å². The maximum atomic E-state index is 11.1. The van der Waals surface area contributed by atoms with Gasteiger partial charge in [0.15, 0.2) is 0 Å². The zero-order chi connectivity index (χ0) is 14.7. The lowest BCUT2D eigenvalue weighted by molar-refractivity contribution is -0.520. The van der Waals surface area contributed by atoms with E-state index in [9.17, 15) is 20.2 Å². The summed E-state index contributed by atoms with van der Waals surface area (Å²) in [5.74, 6) is -0.471. The van der Waals surface area contributed by atoms with E-state index in [1.807, 2.05) is 0 Å². The number of nitro benzene ring substituents is 1. The number of nitro groups is 2. The van der Waals surface area contributed by atoms with Crippen molar-refractivity contribution in [1.82, 2.24) is 4.98 Å². The van der Waals surface area contributed by atoms with Gasteiger partial charge in [-0.25, -0.2) is 0 Å². The van der Waals surface area contributed by atoms with E-state index in [1.54, 1.807) is 30.5 Å². The third-order valence-corrected chi connectivity index (χ3v) is 3.24. The van der Waals surface area contributed by atoms with Crippen LogP contribution in [0.2, 0.25) is 0 Å². The maximum Gasteiger partial charge on any atom is 0.269 e. The van der Waals surface area contributed by atoms with Gasteiger partial charge < -0.3 is 4.98 Å². The molecule has 0 radical (unpaired) electrons. The van der Waals surface area contributed by atoms with Gasteiger partial charge in [0, 0.05) is 35.9 Å². The van der Waals surface area contributed by atoms with E-state index in [4.69, 9.17) is 0 Å². The number of nitrogens with zero attached hydrogens (tertiary/aromatic N) is 2. The van der Waals surface area contributed by atoms with Crippen LogP contribution in [0.4, 0.5) is 5.69 Å². The fourth-order valence-electron chi connectivity index (χ4n) is 2.18. The van der Waals surface area contributed by atoms with Crippen molar-refractivity contribution < 1.29 is 9.85 Å². The topological polar surface area (TPSA) is 102 Å². The lowest BCUT2D eigenvalue weighted by Gasteiger charge is -2.17. The Hall–Kier alpha value is -2.70. The Morgan fingerprint density at radius 1 is 1.10 bits per heavy atom. The van der Waals surface area contributed by atoms with Crippen molar-refractivity contribution in [1.29, 1.82) is 0 Å². The highest BCUT2D eigenvalue weighted by Gasteiger charge is 2.30. The van der Waals surface area contributed by atoms with Crippen LogP contribution < -0.4 is 0 Å². The van der Waals surface area contributed by atoms with E-state index in [-0.39, 0.29) is 10.6 Å². The molecule has 1 heterocycles. The number of hydrogen-bond acceptors (Lipinski definition) is 4. The predicted octanol–water partition coefficient (Wildman–Crippen LogP) is 2.72. The summed E-state index contributed by atoms with van der Waals surface area (Å²) < 4.78 is 0. The van der Waals surface area contributed by atoms with E-state index >= 15 is 0 Å². The Labute approximate surface area is 114 Å². The molecule has 0 saturated carbocycles. The molecule has 0 bridgehead atoms. The van der Waals surface area contributed by atoms with Crippen LogP contribution in [-0.2, 0) is 0 Å².